The molecule has 0 radical (unpaired) electrons. The standard InChI is InChI=1S/C18H15N5OS/c1-9-6-10(2-5-14(9)24)22-17-15-11-3-4-13-12(7-21-23-13)16(11)25-18(15)20-8-19-17/h2,5-8,24H,3-4H2,1H3,(H,21,23)(H,19,20,22). The van der Waals surface area contributed by atoms with Gasteiger partial charge in [0, 0.05) is 21.8 Å². The lowest BCUT2D eigenvalue weighted by Crippen LogP contribution is -2.02. The van der Waals surface area contributed by atoms with E-state index in [1.165, 1.54) is 21.7 Å². The van der Waals surface area contributed by atoms with Crippen molar-refractivity contribution < 1.29 is 5.11 Å². The van der Waals surface area contributed by atoms with E-state index in [1.807, 2.05) is 25.3 Å². The van der Waals surface area contributed by atoms with Crippen LogP contribution in [0.1, 0.15) is 16.8 Å². The fourth-order valence-electron chi connectivity index (χ4n) is 3.36. The van der Waals surface area contributed by atoms with Gasteiger partial charge in [0.1, 0.15) is 22.7 Å². The Hall–Kier alpha value is -2.93. The summed E-state index contributed by atoms with van der Waals surface area (Å²) >= 11 is 1.69. The molecule has 1 aromatic carbocycles. The molecule has 0 saturated heterocycles. The first-order chi connectivity index (χ1) is 12.2. The summed E-state index contributed by atoms with van der Waals surface area (Å²) in [5.41, 5.74) is 5.37. The molecule has 4 aromatic rings. The molecule has 6 nitrogen and oxygen atoms in total. The van der Waals surface area contributed by atoms with Crippen molar-refractivity contribution in [2.75, 3.05) is 5.32 Å². The lowest BCUT2D eigenvalue weighted by molar-refractivity contribution is 0.471. The van der Waals surface area contributed by atoms with Gasteiger partial charge in [-0.1, -0.05) is 0 Å². The number of anilines is 2. The Bertz CT molecular complexity index is 1110. The quantitative estimate of drug-likeness (QED) is 0.477. The van der Waals surface area contributed by atoms with E-state index in [4.69, 9.17) is 0 Å². The first kappa shape index (κ1) is 14.4. The summed E-state index contributed by atoms with van der Waals surface area (Å²) in [6, 6.07) is 5.45. The molecule has 0 saturated carbocycles. The highest BCUT2D eigenvalue weighted by molar-refractivity contribution is 7.22. The van der Waals surface area contributed by atoms with Gasteiger partial charge in [-0.2, -0.15) is 5.10 Å². The van der Waals surface area contributed by atoms with Gasteiger partial charge in [0.25, 0.3) is 0 Å². The Morgan fingerprint density at radius 1 is 1.24 bits per heavy atom. The third-order valence-electron chi connectivity index (χ3n) is 4.63. The maximum absolute atomic E-state index is 9.72. The SMILES string of the molecule is Cc1cc(Nc2ncnc3sc4c(c23)CCc2[nH]ncc2-4)ccc1O. The van der Waals surface area contributed by atoms with Crippen molar-refractivity contribution in [2.45, 2.75) is 19.8 Å². The second-order valence-electron chi connectivity index (χ2n) is 6.20. The lowest BCUT2D eigenvalue weighted by Gasteiger charge is -2.13. The van der Waals surface area contributed by atoms with Crippen LogP contribution < -0.4 is 5.32 Å². The van der Waals surface area contributed by atoms with Crippen LogP contribution in [0.4, 0.5) is 11.5 Å². The van der Waals surface area contributed by atoms with E-state index < -0.39 is 0 Å². The number of aromatic hydroxyl groups is 1. The minimum atomic E-state index is 0.291. The smallest absolute Gasteiger partial charge is 0.142 e. The van der Waals surface area contributed by atoms with Crippen molar-refractivity contribution in [3.63, 3.8) is 0 Å². The molecular formula is C18H15N5OS. The number of phenols is 1. The molecule has 1 aliphatic rings. The molecule has 3 aromatic heterocycles. The second-order valence-corrected chi connectivity index (χ2v) is 7.20. The maximum Gasteiger partial charge on any atom is 0.142 e. The van der Waals surface area contributed by atoms with Crippen LogP contribution in [0.2, 0.25) is 0 Å². The van der Waals surface area contributed by atoms with Crippen LogP contribution in [-0.4, -0.2) is 25.3 Å². The molecule has 0 unspecified atom stereocenters. The largest absolute Gasteiger partial charge is 0.508 e. The summed E-state index contributed by atoms with van der Waals surface area (Å²) in [5.74, 6) is 1.10. The zero-order valence-electron chi connectivity index (χ0n) is 13.5. The van der Waals surface area contributed by atoms with Crippen LogP contribution in [0.5, 0.6) is 5.75 Å². The number of phenolic OH excluding ortho intramolecular Hbond substituents is 1. The van der Waals surface area contributed by atoms with Crippen LogP contribution in [0.3, 0.4) is 0 Å². The number of benzene rings is 1. The average Bonchev–Trinajstić information content (AvgIpc) is 3.22. The number of rotatable bonds is 2. The van der Waals surface area contributed by atoms with Gasteiger partial charge in [-0.05, 0) is 49.1 Å². The van der Waals surface area contributed by atoms with E-state index in [9.17, 15) is 5.11 Å². The first-order valence-corrected chi connectivity index (χ1v) is 8.88. The van der Waals surface area contributed by atoms with Crippen LogP contribution in [-0.2, 0) is 12.8 Å². The number of thiophene rings is 1. The van der Waals surface area contributed by atoms with E-state index in [2.05, 4.69) is 25.5 Å². The zero-order valence-corrected chi connectivity index (χ0v) is 14.3. The van der Waals surface area contributed by atoms with Crippen molar-refractivity contribution >= 4 is 33.1 Å². The van der Waals surface area contributed by atoms with Crippen molar-refractivity contribution in [3.05, 3.63) is 47.5 Å². The van der Waals surface area contributed by atoms with Crippen LogP contribution in [0.25, 0.3) is 20.7 Å². The number of nitrogens with one attached hydrogen (secondary N) is 2. The summed E-state index contributed by atoms with van der Waals surface area (Å²) in [4.78, 5) is 11.2. The highest BCUT2D eigenvalue weighted by Gasteiger charge is 2.25. The van der Waals surface area contributed by atoms with Crippen LogP contribution in [0, 0.1) is 6.92 Å². The molecule has 0 amide bonds. The Balaban J connectivity index is 1.66. The lowest BCUT2D eigenvalue weighted by atomic mass is 9.95. The van der Waals surface area contributed by atoms with Crippen molar-refractivity contribution in [1.29, 1.82) is 0 Å². The van der Waals surface area contributed by atoms with Gasteiger partial charge in [-0.25, -0.2) is 9.97 Å². The summed E-state index contributed by atoms with van der Waals surface area (Å²) in [6.07, 6.45) is 5.38. The summed E-state index contributed by atoms with van der Waals surface area (Å²) in [7, 11) is 0. The topological polar surface area (TPSA) is 86.7 Å². The van der Waals surface area contributed by atoms with Crippen LogP contribution in [0.15, 0.2) is 30.7 Å². The molecule has 7 heteroatoms. The van der Waals surface area contributed by atoms with E-state index in [-0.39, 0.29) is 0 Å². The summed E-state index contributed by atoms with van der Waals surface area (Å²) < 4.78 is 0. The van der Waals surface area contributed by atoms with E-state index in [0.29, 0.717) is 5.75 Å². The number of hydrogen-bond donors (Lipinski definition) is 3. The predicted octanol–water partition coefficient (Wildman–Crippen LogP) is 3.94. The third-order valence-corrected chi connectivity index (χ3v) is 5.81. The fourth-order valence-corrected chi connectivity index (χ4v) is 4.59. The monoisotopic (exact) mass is 349 g/mol. The first-order valence-electron chi connectivity index (χ1n) is 8.06. The fraction of sp³-hybridized carbons (Fsp3) is 0.167. The highest BCUT2D eigenvalue weighted by atomic mass is 32.1. The predicted molar refractivity (Wildman–Crippen MR) is 98.5 cm³/mol. The molecule has 0 fully saturated rings. The van der Waals surface area contributed by atoms with Gasteiger partial charge < -0.3 is 10.4 Å². The summed E-state index contributed by atoms with van der Waals surface area (Å²) in [6.45, 7) is 1.88. The minimum Gasteiger partial charge on any atom is -0.508 e. The number of aryl methyl sites for hydroxylation is 3. The van der Waals surface area contributed by atoms with Gasteiger partial charge in [-0.3, -0.25) is 5.10 Å². The van der Waals surface area contributed by atoms with E-state index >= 15 is 0 Å². The second kappa shape index (κ2) is 5.29. The third kappa shape index (κ3) is 2.20. The number of aromatic nitrogens is 4. The van der Waals surface area contributed by atoms with Crippen molar-refractivity contribution in [1.82, 2.24) is 20.2 Å². The average molecular weight is 349 g/mol. The van der Waals surface area contributed by atoms with Gasteiger partial charge in [0.15, 0.2) is 0 Å². The van der Waals surface area contributed by atoms with Crippen molar-refractivity contribution in [3.8, 4) is 16.2 Å². The van der Waals surface area contributed by atoms with Crippen molar-refractivity contribution in [2.24, 2.45) is 0 Å². The highest BCUT2D eigenvalue weighted by Crippen LogP contribution is 2.44. The molecular weight excluding hydrogens is 334 g/mol. The van der Waals surface area contributed by atoms with E-state index in [1.54, 1.807) is 23.7 Å². The molecule has 5 rings (SSSR count). The zero-order chi connectivity index (χ0) is 17.0. The number of H-pyrrole nitrogens is 1. The molecule has 1 aliphatic carbocycles. The van der Waals surface area contributed by atoms with Gasteiger partial charge in [0.05, 0.1) is 11.6 Å². The molecule has 0 spiro atoms. The molecule has 25 heavy (non-hydrogen) atoms. The Kier molecular flexibility index (Phi) is 3.05. The van der Waals surface area contributed by atoms with Gasteiger partial charge >= 0.3 is 0 Å². The number of fused-ring (bicyclic) bond motifs is 5. The molecule has 0 bridgehead atoms. The Labute approximate surface area is 147 Å². The number of nitrogens with zero attached hydrogens (tertiary/aromatic N) is 3. The minimum absolute atomic E-state index is 0.291. The summed E-state index contributed by atoms with van der Waals surface area (Å²) in [5, 5.41) is 21.5. The number of aromatic amines is 1. The molecule has 3 heterocycles. The normalized spacial score (nSPS) is 12.8. The molecule has 3 N–H and O–H groups in total. The van der Waals surface area contributed by atoms with Gasteiger partial charge in [-0.15, -0.1) is 11.3 Å². The maximum atomic E-state index is 9.72. The molecule has 0 aliphatic heterocycles. The Morgan fingerprint density at radius 2 is 2.16 bits per heavy atom. The van der Waals surface area contributed by atoms with E-state index in [0.717, 1.165) is 40.1 Å². The Morgan fingerprint density at radius 3 is 3.04 bits per heavy atom. The molecule has 124 valence electrons. The van der Waals surface area contributed by atoms with Crippen LogP contribution >= 0.6 is 11.3 Å². The molecule has 0 atom stereocenters. The van der Waals surface area contributed by atoms with Gasteiger partial charge in [0.2, 0.25) is 0 Å². The number of hydrogen-bond acceptors (Lipinski definition) is 6.